The number of aryl methyl sites for hydroxylation is 2. The van der Waals surface area contributed by atoms with Gasteiger partial charge in [0.1, 0.15) is 22.8 Å². The number of halogens is 2. The van der Waals surface area contributed by atoms with Gasteiger partial charge in [0.05, 0.1) is 10.7 Å². The first kappa shape index (κ1) is 21.9. The molecule has 7 nitrogen and oxygen atoms in total. The number of imide groups is 1. The molecule has 1 saturated heterocycles. The van der Waals surface area contributed by atoms with E-state index in [9.17, 15) is 18.8 Å². The van der Waals surface area contributed by atoms with Gasteiger partial charge in [0, 0.05) is 48.8 Å². The van der Waals surface area contributed by atoms with Crippen LogP contribution in [0.1, 0.15) is 18.4 Å². The van der Waals surface area contributed by atoms with Crippen LogP contribution in [0.4, 0.5) is 10.1 Å². The molecule has 1 N–H and O–H groups in total. The third-order valence-corrected chi connectivity index (χ3v) is 6.19. The number of benzene rings is 2. The fourth-order valence-electron chi connectivity index (χ4n) is 4.31. The number of hydrogen-bond donors (Lipinski definition) is 1. The number of aromatic nitrogens is 2. The molecular weight excluding hydrogens is 461 g/mol. The third kappa shape index (κ3) is 3.56. The average Bonchev–Trinajstić information content (AvgIpc) is 3.30. The molecular formula is C25H19ClFN3O4. The van der Waals surface area contributed by atoms with Gasteiger partial charge in [-0.2, -0.15) is 0 Å². The Labute approximate surface area is 198 Å². The van der Waals surface area contributed by atoms with Crippen molar-refractivity contribution >= 4 is 40.0 Å². The maximum Gasteiger partial charge on any atom is 0.272 e. The number of amides is 2. The van der Waals surface area contributed by atoms with Gasteiger partial charge in [-0.05, 0) is 48.9 Å². The van der Waals surface area contributed by atoms with Gasteiger partial charge in [-0.1, -0.05) is 11.6 Å². The first-order valence-corrected chi connectivity index (χ1v) is 10.9. The molecule has 3 heterocycles. The second-order valence-electron chi connectivity index (χ2n) is 8.16. The molecule has 0 atom stereocenters. The van der Waals surface area contributed by atoms with E-state index in [1.165, 1.54) is 17.0 Å². The lowest BCUT2D eigenvalue weighted by Gasteiger charge is -2.20. The maximum absolute atomic E-state index is 13.6. The van der Waals surface area contributed by atoms with Gasteiger partial charge in [-0.25, -0.2) is 4.39 Å². The molecule has 0 aliphatic carbocycles. The first-order valence-electron chi connectivity index (χ1n) is 10.5. The van der Waals surface area contributed by atoms with Crippen LogP contribution in [0.5, 0.6) is 11.5 Å². The quantitative estimate of drug-likeness (QED) is 0.414. The third-order valence-electron chi connectivity index (χ3n) is 5.89. The van der Waals surface area contributed by atoms with Crippen molar-refractivity contribution in [2.75, 3.05) is 4.90 Å². The number of nitrogens with one attached hydrogen (secondary N) is 1. The van der Waals surface area contributed by atoms with E-state index in [1.807, 2.05) is 0 Å². The van der Waals surface area contributed by atoms with Crippen LogP contribution in [-0.4, -0.2) is 21.4 Å². The van der Waals surface area contributed by atoms with Crippen LogP contribution < -0.4 is 15.2 Å². The highest BCUT2D eigenvalue weighted by atomic mass is 35.5. The molecule has 34 heavy (non-hydrogen) atoms. The van der Waals surface area contributed by atoms with Crippen molar-refractivity contribution in [2.24, 2.45) is 7.05 Å². The van der Waals surface area contributed by atoms with Crippen molar-refractivity contribution in [3.63, 3.8) is 0 Å². The highest BCUT2D eigenvalue weighted by Crippen LogP contribution is 2.43. The molecule has 2 aromatic heterocycles. The molecule has 0 unspecified atom stereocenters. The molecule has 0 spiro atoms. The molecule has 1 fully saturated rings. The highest BCUT2D eigenvalue weighted by molar-refractivity contribution is 6.32. The number of nitrogens with zero attached hydrogens (tertiary/aromatic N) is 2. The van der Waals surface area contributed by atoms with Crippen LogP contribution in [0, 0.1) is 12.7 Å². The molecule has 1 aliphatic rings. The molecule has 172 valence electrons. The minimum atomic E-state index is -0.497. The zero-order chi connectivity index (χ0) is 24.1. The summed E-state index contributed by atoms with van der Waals surface area (Å²) in [7, 11) is 1.75. The van der Waals surface area contributed by atoms with Crippen LogP contribution in [0.2, 0.25) is 5.02 Å². The Morgan fingerprint density at radius 2 is 1.74 bits per heavy atom. The van der Waals surface area contributed by atoms with Gasteiger partial charge >= 0.3 is 0 Å². The zero-order valence-electron chi connectivity index (χ0n) is 18.3. The number of fused-ring (bicyclic) bond motifs is 1. The van der Waals surface area contributed by atoms with E-state index < -0.39 is 5.82 Å². The molecule has 4 aromatic rings. The molecule has 1 aliphatic heterocycles. The van der Waals surface area contributed by atoms with Crippen LogP contribution in [-0.2, 0) is 16.6 Å². The Bertz CT molecular complexity index is 1540. The molecule has 2 aromatic carbocycles. The van der Waals surface area contributed by atoms with Gasteiger partial charge < -0.3 is 14.3 Å². The summed E-state index contributed by atoms with van der Waals surface area (Å²) in [6, 6.07) is 8.99. The molecule has 9 heteroatoms. The second-order valence-corrected chi connectivity index (χ2v) is 8.56. The summed E-state index contributed by atoms with van der Waals surface area (Å²) in [6.07, 6.45) is 3.64. The lowest BCUT2D eigenvalue weighted by molar-refractivity contribution is -0.121. The maximum atomic E-state index is 13.6. The number of aromatic amines is 1. The van der Waals surface area contributed by atoms with Crippen LogP contribution in [0.3, 0.4) is 0 Å². The Morgan fingerprint density at radius 1 is 1.00 bits per heavy atom. The highest BCUT2D eigenvalue weighted by Gasteiger charge is 2.32. The van der Waals surface area contributed by atoms with E-state index >= 15 is 0 Å². The van der Waals surface area contributed by atoms with Gasteiger partial charge in [-0.3, -0.25) is 19.3 Å². The summed E-state index contributed by atoms with van der Waals surface area (Å²) in [6.45, 7) is 1.77. The van der Waals surface area contributed by atoms with Gasteiger partial charge in [0.25, 0.3) is 5.56 Å². The molecule has 2 amide bonds. The van der Waals surface area contributed by atoms with E-state index in [0.717, 1.165) is 6.07 Å². The van der Waals surface area contributed by atoms with Crippen molar-refractivity contribution in [1.82, 2.24) is 9.55 Å². The summed E-state index contributed by atoms with van der Waals surface area (Å²) in [4.78, 5) is 41.2. The SMILES string of the molecule is Cc1cc(Oc2ccc(F)cc2Cl)c(-c2cn(C)c3c(=O)[nH]ccc23)cc1N1C(=O)CCC1=O. The van der Waals surface area contributed by atoms with E-state index in [1.54, 1.807) is 49.1 Å². The predicted molar refractivity (Wildman–Crippen MR) is 127 cm³/mol. The summed E-state index contributed by atoms with van der Waals surface area (Å²) in [5, 5.41) is 0.752. The number of rotatable bonds is 4. The summed E-state index contributed by atoms with van der Waals surface area (Å²) in [5.74, 6) is -0.430. The number of pyridine rings is 1. The number of hydrogen-bond acceptors (Lipinski definition) is 4. The summed E-state index contributed by atoms with van der Waals surface area (Å²) in [5.41, 5.74) is 2.49. The Balaban J connectivity index is 1.76. The predicted octanol–water partition coefficient (Wildman–Crippen LogP) is 5.08. The number of carbonyl (C=O) groups excluding carboxylic acids is 2. The molecule has 0 saturated carbocycles. The van der Waals surface area contributed by atoms with Gasteiger partial charge in [0.2, 0.25) is 11.8 Å². The first-order chi connectivity index (χ1) is 16.2. The largest absolute Gasteiger partial charge is 0.455 e. The van der Waals surface area contributed by atoms with Crippen molar-refractivity contribution < 1.29 is 18.7 Å². The van der Waals surface area contributed by atoms with E-state index in [4.69, 9.17) is 16.3 Å². The van der Waals surface area contributed by atoms with E-state index in [2.05, 4.69) is 4.98 Å². The smallest absolute Gasteiger partial charge is 0.272 e. The molecule has 5 rings (SSSR count). The molecule has 0 bridgehead atoms. The monoisotopic (exact) mass is 479 g/mol. The number of carbonyl (C=O) groups is 2. The Kier molecular flexibility index (Phi) is 5.25. The zero-order valence-corrected chi connectivity index (χ0v) is 19.1. The number of ether oxygens (including phenoxy) is 1. The van der Waals surface area contributed by atoms with Crippen LogP contribution >= 0.6 is 11.6 Å². The Morgan fingerprint density at radius 3 is 2.44 bits per heavy atom. The minimum Gasteiger partial charge on any atom is -0.455 e. The number of H-pyrrole nitrogens is 1. The van der Waals surface area contributed by atoms with E-state index in [0.29, 0.717) is 39.0 Å². The lowest BCUT2D eigenvalue weighted by Crippen LogP contribution is -2.29. The van der Waals surface area contributed by atoms with Crippen molar-refractivity contribution in [3.8, 4) is 22.6 Å². The van der Waals surface area contributed by atoms with Gasteiger partial charge in [-0.15, -0.1) is 0 Å². The lowest BCUT2D eigenvalue weighted by atomic mass is 10.0. The van der Waals surface area contributed by atoms with E-state index in [-0.39, 0.29) is 41.0 Å². The van der Waals surface area contributed by atoms with Crippen molar-refractivity contribution in [2.45, 2.75) is 19.8 Å². The fourth-order valence-corrected chi connectivity index (χ4v) is 4.51. The average molecular weight is 480 g/mol. The second kappa shape index (κ2) is 8.14. The van der Waals surface area contributed by atoms with Crippen molar-refractivity contribution in [1.29, 1.82) is 0 Å². The number of anilines is 1. The van der Waals surface area contributed by atoms with Crippen LogP contribution in [0.15, 0.2) is 53.6 Å². The minimum absolute atomic E-state index is 0.0898. The van der Waals surface area contributed by atoms with Gasteiger partial charge in [0.15, 0.2) is 0 Å². The molecule has 0 radical (unpaired) electrons. The summed E-state index contributed by atoms with van der Waals surface area (Å²) < 4.78 is 21.4. The van der Waals surface area contributed by atoms with Crippen LogP contribution in [0.25, 0.3) is 22.0 Å². The summed E-state index contributed by atoms with van der Waals surface area (Å²) >= 11 is 6.20. The topological polar surface area (TPSA) is 84.4 Å². The Hall–Kier alpha value is -3.91. The normalized spacial score (nSPS) is 13.8. The van der Waals surface area contributed by atoms with Crippen molar-refractivity contribution in [3.05, 3.63) is 75.5 Å². The fraction of sp³-hybridized carbons (Fsp3) is 0.160. The standard InChI is InChI=1S/C25H19ClFN3O4/c1-13-9-21(34-20-4-3-14(27)10-18(20)26)16(11-19(13)30-22(31)5-6-23(30)32)17-12-29(2)24-15(17)7-8-28-25(24)33/h3-4,7-12H,5-6H2,1-2H3,(H,28,33).